The van der Waals surface area contributed by atoms with E-state index in [9.17, 15) is 4.79 Å². The smallest absolute Gasteiger partial charge is 0.274 e. The third kappa shape index (κ3) is 5.00. The number of aryl methyl sites for hydroxylation is 1. The first-order chi connectivity index (χ1) is 16.2. The van der Waals surface area contributed by atoms with Gasteiger partial charge in [-0.25, -0.2) is 0 Å². The molecule has 1 amide bonds. The molecule has 184 valence electrons. The molecule has 5 rings (SSSR count). The van der Waals surface area contributed by atoms with Crippen molar-refractivity contribution in [2.24, 2.45) is 0 Å². The Kier molecular flexibility index (Phi) is 7.64. The molecule has 1 N–H and O–H groups in total. The molecule has 33 heavy (non-hydrogen) atoms. The van der Waals surface area contributed by atoms with Crippen molar-refractivity contribution in [3.8, 4) is 0 Å². The molecular formula is C25H41N5O2S. The lowest BCUT2D eigenvalue weighted by molar-refractivity contribution is -0.0378. The molecule has 0 spiro atoms. The van der Waals surface area contributed by atoms with E-state index < -0.39 is 0 Å². The molecule has 2 saturated heterocycles. The second kappa shape index (κ2) is 10.7. The highest BCUT2D eigenvalue weighted by atomic mass is 32.2. The number of fused-ring (bicyclic) bond motifs is 1. The van der Waals surface area contributed by atoms with E-state index in [1.165, 1.54) is 43.4 Å². The molecule has 7 nitrogen and oxygen atoms in total. The number of carbonyl (C=O) groups is 1. The molecule has 3 fully saturated rings. The molecule has 3 heterocycles. The van der Waals surface area contributed by atoms with Crippen molar-refractivity contribution in [1.29, 1.82) is 0 Å². The Balaban J connectivity index is 1.30. The summed E-state index contributed by atoms with van der Waals surface area (Å²) >= 11 is 1.94. The van der Waals surface area contributed by atoms with Gasteiger partial charge in [-0.3, -0.25) is 14.4 Å². The van der Waals surface area contributed by atoms with Gasteiger partial charge in [-0.1, -0.05) is 19.3 Å². The number of ether oxygens (including phenoxy) is 1. The van der Waals surface area contributed by atoms with E-state index >= 15 is 0 Å². The molecule has 2 aliphatic heterocycles. The summed E-state index contributed by atoms with van der Waals surface area (Å²) < 4.78 is 7.75. The summed E-state index contributed by atoms with van der Waals surface area (Å²) in [6.07, 6.45) is 9.71. The molecule has 1 saturated carbocycles. The number of aromatic nitrogens is 2. The molecule has 2 aliphatic carbocycles. The zero-order valence-electron chi connectivity index (χ0n) is 20.3. The van der Waals surface area contributed by atoms with Crippen molar-refractivity contribution < 1.29 is 9.53 Å². The summed E-state index contributed by atoms with van der Waals surface area (Å²) in [6, 6.07) is 0.426. The molecule has 1 aromatic heterocycles. The summed E-state index contributed by atoms with van der Waals surface area (Å²) in [6.45, 7) is 9.58. The SMILES string of the molecule is CCn1nc(C(=O)N2CCSCC2)c2c1CC[C@H](NCC1(N3CCOCC3)CCCCC1)C2. The van der Waals surface area contributed by atoms with E-state index in [-0.39, 0.29) is 11.4 Å². The van der Waals surface area contributed by atoms with Crippen molar-refractivity contribution in [3.63, 3.8) is 0 Å². The highest BCUT2D eigenvalue weighted by Crippen LogP contribution is 2.35. The molecule has 4 aliphatic rings. The molecule has 8 heteroatoms. The molecular weight excluding hydrogens is 434 g/mol. The summed E-state index contributed by atoms with van der Waals surface area (Å²) in [7, 11) is 0. The van der Waals surface area contributed by atoms with Gasteiger partial charge in [-0.15, -0.1) is 0 Å². The van der Waals surface area contributed by atoms with Crippen molar-refractivity contribution in [2.45, 2.75) is 76.4 Å². The van der Waals surface area contributed by atoms with E-state index in [1.807, 2.05) is 16.7 Å². The van der Waals surface area contributed by atoms with Crippen LogP contribution in [0, 0.1) is 0 Å². The molecule has 0 unspecified atom stereocenters. The van der Waals surface area contributed by atoms with Crippen LogP contribution in [0.1, 0.15) is 67.2 Å². The summed E-state index contributed by atoms with van der Waals surface area (Å²) in [4.78, 5) is 18.1. The zero-order chi connectivity index (χ0) is 22.7. The number of hydrogen-bond donors (Lipinski definition) is 1. The van der Waals surface area contributed by atoms with Crippen LogP contribution >= 0.6 is 11.8 Å². The van der Waals surface area contributed by atoms with E-state index in [1.54, 1.807) is 0 Å². The minimum atomic E-state index is 0.150. The van der Waals surface area contributed by atoms with Gasteiger partial charge in [0.2, 0.25) is 0 Å². The molecule has 1 aromatic rings. The number of carbonyl (C=O) groups excluding carboxylic acids is 1. The predicted octanol–water partition coefficient (Wildman–Crippen LogP) is 2.57. The maximum absolute atomic E-state index is 13.4. The topological polar surface area (TPSA) is 62.6 Å². The van der Waals surface area contributed by atoms with Crippen LogP contribution in [0.25, 0.3) is 0 Å². The Bertz CT molecular complexity index is 810. The summed E-state index contributed by atoms with van der Waals surface area (Å²) in [5.41, 5.74) is 3.52. The monoisotopic (exact) mass is 475 g/mol. The lowest BCUT2D eigenvalue weighted by Gasteiger charge is -2.49. The molecule has 0 bridgehead atoms. The number of amides is 1. The molecule has 1 atom stereocenters. The summed E-state index contributed by atoms with van der Waals surface area (Å²) in [5, 5.41) is 8.82. The van der Waals surface area contributed by atoms with Gasteiger partial charge < -0.3 is 15.0 Å². The van der Waals surface area contributed by atoms with E-state index in [0.29, 0.717) is 6.04 Å². The first-order valence-electron chi connectivity index (χ1n) is 13.2. The number of nitrogens with one attached hydrogen (secondary N) is 1. The number of thioether (sulfide) groups is 1. The number of hydrogen-bond acceptors (Lipinski definition) is 6. The fourth-order valence-electron chi connectivity index (χ4n) is 6.40. The Morgan fingerprint density at radius 2 is 1.91 bits per heavy atom. The van der Waals surface area contributed by atoms with Crippen LogP contribution < -0.4 is 5.32 Å². The molecule has 0 radical (unpaired) electrons. The highest BCUT2D eigenvalue weighted by molar-refractivity contribution is 7.99. The Labute approximate surface area is 203 Å². The fourth-order valence-corrected chi connectivity index (χ4v) is 7.30. The lowest BCUT2D eigenvalue weighted by Crippen LogP contribution is -2.60. The second-order valence-electron chi connectivity index (χ2n) is 10.2. The van der Waals surface area contributed by atoms with Gasteiger partial charge in [-0.2, -0.15) is 16.9 Å². The van der Waals surface area contributed by atoms with Crippen LogP contribution in [0.2, 0.25) is 0 Å². The maximum atomic E-state index is 13.4. The lowest BCUT2D eigenvalue weighted by atomic mass is 9.79. The van der Waals surface area contributed by atoms with E-state index in [0.717, 1.165) is 88.9 Å². The number of nitrogens with zero attached hydrogens (tertiary/aromatic N) is 4. The van der Waals surface area contributed by atoms with Crippen molar-refractivity contribution in [2.75, 3.05) is 57.4 Å². The molecule has 0 aromatic carbocycles. The minimum Gasteiger partial charge on any atom is -0.379 e. The first kappa shape index (κ1) is 23.6. The largest absolute Gasteiger partial charge is 0.379 e. The van der Waals surface area contributed by atoms with Crippen LogP contribution in [-0.4, -0.2) is 94.5 Å². The van der Waals surface area contributed by atoms with Gasteiger partial charge >= 0.3 is 0 Å². The van der Waals surface area contributed by atoms with Gasteiger partial charge in [0.15, 0.2) is 5.69 Å². The van der Waals surface area contributed by atoms with Gasteiger partial charge in [0.25, 0.3) is 5.91 Å². The van der Waals surface area contributed by atoms with Crippen LogP contribution in [-0.2, 0) is 24.1 Å². The normalized spacial score (nSPS) is 26.2. The standard InChI is InChI=1S/C25H41N5O2S/c1-2-30-22-7-6-20(18-21(22)23(27-30)24(31)28-12-16-33-17-13-28)26-19-25(8-4-3-5-9-25)29-10-14-32-15-11-29/h20,26H,2-19H2,1H3/t20-/m0/s1. The number of morpholine rings is 1. The van der Waals surface area contributed by atoms with Gasteiger partial charge in [0, 0.05) is 73.6 Å². The third-order valence-corrected chi connectivity index (χ3v) is 9.28. The summed E-state index contributed by atoms with van der Waals surface area (Å²) in [5.74, 6) is 2.23. The van der Waals surface area contributed by atoms with Crippen molar-refractivity contribution >= 4 is 17.7 Å². The minimum absolute atomic E-state index is 0.150. The van der Waals surface area contributed by atoms with Gasteiger partial charge in [0.05, 0.1) is 13.2 Å². The van der Waals surface area contributed by atoms with Crippen LogP contribution in [0.4, 0.5) is 0 Å². The number of rotatable bonds is 6. The van der Waals surface area contributed by atoms with Crippen LogP contribution in [0.15, 0.2) is 0 Å². The maximum Gasteiger partial charge on any atom is 0.274 e. The van der Waals surface area contributed by atoms with Crippen molar-refractivity contribution in [1.82, 2.24) is 24.9 Å². The van der Waals surface area contributed by atoms with E-state index in [4.69, 9.17) is 9.84 Å². The van der Waals surface area contributed by atoms with Crippen LogP contribution in [0.5, 0.6) is 0 Å². The third-order valence-electron chi connectivity index (χ3n) is 8.33. The predicted molar refractivity (Wildman–Crippen MR) is 133 cm³/mol. The average Bonchev–Trinajstić information content (AvgIpc) is 3.26. The Morgan fingerprint density at radius 3 is 2.64 bits per heavy atom. The quantitative estimate of drug-likeness (QED) is 0.682. The van der Waals surface area contributed by atoms with Gasteiger partial charge in [-0.05, 0) is 39.0 Å². The van der Waals surface area contributed by atoms with E-state index in [2.05, 4.69) is 21.8 Å². The zero-order valence-corrected chi connectivity index (χ0v) is 21.1. The van der Waals surface area contributed by atoms with Crippen molar-refractivity contribution in [3.05, 3.63) is 17.0 Å². The fraction of sp³-hybridized carbons (Fsp3) is 0.840. The first-order valence-corrected chi connectivity index (χ1v) is 14.4. The average molecular weight is 476 g/mol. The second-order valence-corrected chi connectivity index (χ2v) is 11.4. The highest BCUT2D eigenvalue weighted by Gasteiger charge is 2.39. The Hall–Kier alpha value is -1.09. The van der Waals surface area contributed by atoms with Gasteiger partial charge in [0.1, 0.15) is 0 Å². The Morgan fingerprint density at radius 1 is 1.15 bits per heavy atom. The van der Waals surface area contributed by atoms with Crippen LogP contribution in [0.3, 0.4) is 0 Å².